The van der Waals surface area contributed by atoms with Crippen molar-refractivity contribution in [1.29, 1.82) is 0 Å². The van der Waals surface area contributed by atoms with E-state index in [4.69, 9.17) is 0 Å². The van der Waals surface area contributed by atoms with Gasteiger partial charge in [0.15, 0.2) is 0 Å². The Labute approximate surface area is 289 Å². The number of aromatic nitrogens is 1. The first kappa shape index (κ1) is 30.5. The molecule has 0 aliphatic heterocycles. The number of fused-ring (bicyclic) bond motifs is 4. The highest BCUT2D eigenvalue weighted by molar-refractivity contribution is 6.13. The van der Waals surface area contributed by atoms with E-state index in [1.807, 2.05) is 0 Å². The largest absolute Gasteiger partial charge is 0.356 e. The van der Waals surface area contributed by atoms with Crippen LogP contribution < -0.4 is 5.32 Å². The minimum absolute atomic E-state index is 0.306. The Balaban J connectivity index is 1.04. The van der Waals surface area contributed by atoms with E-state index in [1.165, 1.54) is 66.1 Å². The van der Waals surface area contributed by atoms with Gasteiger partial charge in [-0.25, -0.2) is 0 Å². The third kappa shape index (κ3) is 6.03. The second kappa shape index (κ2) is 13.3. The van der Waals surface area contributed by atoms with Crippen LogP contribution in [0.15, 0.2) is 170 Å². The molecule has 0 spiro atoms. The van der Waals surface area contributed by atoms with Gasteiger partial charge in [0.2, 0.25) is 0 Å². The summed E-state index contributed by atoms with van der Waals surface area (Å²) < 4.78 is 2.41. The van der Waals surface area contributed by atoms with E-state index in [9.17, 15) is 0 Å². The molecule has 0 amide bonds. The standard InChI is InChI=1S/C47H40N2/c1-3-4-5-12-33(2)34-19-25-39(26-20-34)48-40-27-21-35(22-28-40)42-15-8-9-16-43(42)36-23-29-41(30-24-36)49-46-18-11-10-17-44(46)45-31-37-13-6-7-14-38(37)32-47(45)49/h4-14,16-32,42,48H,3,15H2,1-2H3/b5-4-,33-12+. The van der Waals surface area contributed by atoms with Gasteiger partial charge in [0.05, 0.1) is 11.0 Å². The molecule has 0 fully saturated rings. The van der Waals surface area contributed by atoms with Crippen LogP contribution >= 0.6 is 0 Å². The Morgan fingerprint density at radius 1 is 0.735 bits per heavy atom. The van der Waals surface area contributed by atoms with Crippen molar-refractivity contribution in [2.75, 3.05) is 5.32 Å². The van der Waals surface area contributed by atoms with Crippen molar-refractivity contribution < 1.29 is 0 Å². The molecule has 1 N–H and O–H groups in total. The lowest BCUT2D eigenvalue weighted by Gasteiger charge is -2.23. The van der Waals surface area contributed by atoms with E-state index < -0.39 is 0 Å². The third-order valence-electron chi connectivity index (χ3n) is 9.82. The van der Waals surface area contributed by atoms with Crippen molar-refractivity contribution in [2.24, 2.45) is 0 Å². The summed E-state index contributed by atoms with van der Waals surface area (Å²) in [4.78, 5) is 0. The molecular weight excluding hydrogens is 593 g/mol. The molecule has 1 aromatic heterocycles. The monoisotopic (exact) mass is 632 g/mol. The number of para-hydroxylation sites is 1. The van der Waals surface area contributed by atoms with Gasteiger partial charge < -0.3 is 9.88 Å². The van der Waals surface area contributed by atoms with Gasteiger partial charge in [-0.1, -0.05) is 122 Å². The zero-order chi connectivity index (χ0) is 33.2. The Morgan fingerprint density at radius 2 is 1.43 bits per heavy atom. The molecule has 7 aromatic rings. The second-order valence-electron chi connectivity index (χ2n) is 13.0. The summed E-state index contributed by atoms with van der Waals surface area (Å²) in [6.45, 7) is 4.31. The van der Waals surface area contributed by atoms with Crippen LogP contribution in [-0.4, -0.2) is 4.57 Å². The summed E-state index contributed by atoms with van der Waals surface area (Å²) >= 11 is 0. The second-order valence-corrected chi connectivity index (χ2v) is 13.0. The molecule has 0 radical (unpaired) electrons. The van der Waals surface area contributed by atoms with Crippen LogP contribution in [0.5, 0.6) is 0 Å². The number of allylic oxidation sites excluding steroid dienone is 8. The predicted octanol–water partition coefficient (Wildman–Crippen LogP) is 13.2. The fourth-order valence-electron chi connectivity index (χ4n) is 7.21. The summed E-state index contributed by atoms with van der Waals surface area (Å²) in [6, 6.07) is 48.9. The van der Waals surface area contributed by atoms with Crippen LogP contribution in [0.2, 0.25) is 0 Å². The number of nitrogens with zero attached hydrogens (tertiary/aromatic N) is 1. The van der Waals surface area contributed by atoms with Crippen LogP contribution in [0.25, 0.3) is 49.4 Å². The zero-order valence-electron chi connectivity index (χ0n) is 28.1. The van der Waals surface area contributed by atoms with E-state index in [0.717, 1.165) is 24.2 Å². The maximum Gasteiger partial charge on any atom is 0.0547 e. The van der Waals surface area contributed by atoms with Gasteiger partial charge in [-0.3, -0.25) is 0 Å². The van der Waals surface area contributed by atoms with Gasteiger partial charge in [0, 0.05) is 33.8 Å². The summed E-state index contributed by atoms with van der Waals surface area (Å²) in [5, 5.41) is 8.69. The van der Waals surface area contributed by atoms with Crippen molar-refractivity contribution in [3.63, 3.8) is 0 Å². The number of nitrogens with one attached hydrogen (secondary N) is 1. The Bertz CT molecular complexity index is 2400. The van der Waals surface area contributed by atoms with Gasteiger partial charge in [-0.05, 0) is 113 Å². The van der Waals surface area contributed by atoms with Crippen LogP contribution in [-0.2, 0) is 0 Å². The molecule has 0 saturated heterocycles. The summed E-state index contributed by atoms with van der Waals surface area (Å²) in [5.41, 5.74) is 12.3. The molecule has 8 rings (SSSR count). The minimum atomic E-state index is 0.306. The normalized spacial score (nSPS) is 15.0. The predicted molar refractivity (Wildman–Crippen MR) is 212 cm³/mol. The zero-order valence-corrected chi connectivity index (χ0v) is 28.1. The van der Waals surface area contributed by atoms with E-state index >= 15 is 0 Å². The molecule has 2 heteroatoms. The summed E-state index contributed by atoms with van der Waals surface area (Å²) in [7, 11) is 0. The molecule has 1 atom stereocenters. The molecule has 1 unspecified atom stereocenters. The van der Waals surface area contributed by atoms with Crippen LogP contribution in [0, 0.1) is 0 Å². The number of rotatable bonds is 8. The average molecular weight is 633 g/mol. The van der Waals surface area contributed by atoms with E-state index in [0.29, 0.717) is 5.92 Å². The first-order valence-corrected chi connectivity index (χ1v) is 17.4. The maximum atomic E-state index is 3.59. The Hall–Kier alpha value is -5.86. The number of anilines is 2. The van der Waals surface area contributed by atoms with E-state index in [1.54, 1.807) is 0 Å². The molecule has 1 aliphatic rings. The quantitative estimate of drug-likeness (QED) is 0.165. The van der Waals surface area contributed by atoms with Crippen LogP contribution in [0.3, 0.4) is 0 Å². The molecule has 2 nitrogen and oxygen atoms in total. The van der Waals surface area contributed by atoms with Crippen molar-refractivity contribution in [3.8, 4) is 5.69 Å². The first-order valence-electron chi connectivity index (χ1n) is 17.4. The molecular formula is C47H40N2. The lowest BCUT2D eigenvalue weighted by atomic mass is 9.82. The molecule has 1 heterocycles. The van der Waals surface area contributed by atoms with E-state index in [2.05, 4.69) is 194 Å². The van der Waals surface area contributed by atoms with Gasteiger partial charge in [0.25, 0.3) is 0 Å². The maximum absolute atomic E-state index is 3.59. The van der Waals surface area contributed by atoms with E-state index in [-0.39, 0.29) is 0 Å². The average Bonchev–Trinajstić information content (AvgIpc) is 3.47. The number of hydrogen-bond donors (Lipinski definition) is 1. The third-order valence-corrected chi connectivity index (χ3v) is 9.82. The fourth-order valence-corrected chi connectivity index (χ4v) is 7.21. The topological polar surface area (TPSA) is 17.0 Å². The summed E-state index contributed by atoms with van der Waals surface area (Å²) in [6.07, 6.45) is 15.3. The van der Waals surface area contributed by atoms with Crippen LogP contribution in [0.4, 0.5) is 11.4 Å². The SMILES string of the molecule is CC/C=C\C=C(/C)c1ccc(Nc2ccc(C3CC=CC=C3c3ccc(-n4c5ccccc5c5cc6ccccc6cc54)cc3)cc2)cc1. The minimum Gasteiger partial charge on any atom is -0.356 e. The summed E-state index contributed by atoms with van der Waals surface area (Å²) in [5.74, 6) is 0.306. The number of hydrogen-bond acceptors (Lipinski definition) is 1. The highest BCUT2D eigenvalue weighted by Gasteiger charge is 2.20. The van der Waals surface area contributed by atoms with Gasteiger partial charge in [-0.15, -0.1) is 0 Å². The van der Waals surface area contributed by atoms with Gasteiger partial charge >= 0.3 is 0 Å². The molecule has 0 saturated carbocycles. The molecule has 6 aromatic carbocycles. The molecule has 0 bridgehead atoms. The Kier molecular flexibility index (Phi) is 8.29. The highest BCUT2D eigenvalue weighted by atomic mass is 15.0. The lowest BCUT2D eigenvalue weighted by molar-refractivity contribution is 0.874. The van der Waals surface area contributed by atoms with Gasteiger partial charge in [0.1, 0.15) is 0 Å². The molecule has 238 valence electrons. The molecule has 1 aliphatic carbocycles. The lowest BCUT2D eigenvalue weighted by Crippen LogP contribution is -2.04. The first-order chi connectivity index (χ1) is 24.2. The number of benzene rings is 6. The van der Waals surface area contributed by atoms with Crippen molar-refractivity contribution >= 4 is 55.1 Å². The smallest absolute Gasteiger partial charge is 0.0547 e. The van der Waals surface area contributed by atoms with Crippen molar-refractivity contribution in [1.82, 2.24) is 4.57 Å². The fraction of sp³-hybridized carbons (Fsp3) is 0.106. The van der Waals surface area contributed by atoms with Crippen molar-refractivity contribution in [3.05, 3.63) is 187 Å². The highest BCUT2D eigenvalue weighted by Crippen LogP contribution is 2.40. The van der Waals surface area contributed by atoms with Crippen molar-refractivity contribution in [2.45, 2.75) is 32.6 Å². The Morgan fingerprint density at radius 3 is 2.18 bits per heavy atom. The van der Waals surface area contributed by atoms with Gasteiger partial charge in [-0.2, -0.15) is 0 Å². The molecule has 49 heavy (non-hydrogen) atoms. The van der Waals surface area contributed by atoms with Crippen LogP contribution in [0.1, 0.15) is 49.3 Å².